The Morgan fingerprint density at radius 2 is 1.81 bits per heavy atom. The number of hydrogen-bond donors (Lipinski definition) is 1. The number of hydrogen-bond acceptors (Lipinski definition) is 8. The van der Waals surface area contributed by atoms with Crippen molar-refractivity contribution in [2.24, 2.45) is 13.0 Å². The number of nitrogens with one attached hydrogen (secondary N) is 1. The van der Waals surface area contributed by atoms with Crippen LogP contribution in [0, 0.1) is 18.7 Å². The fraction of sp³-hybridized carbons (Fsp3) is 0.333. The number of methoxy groups -OCH3 is 1. The zero-order valence-electron chi connectivity index (χ0n) is 27.5. The molecular formula is C36H39FN6O5. The van der Waals surface area contributed by atoms with Gasteiger partial charge in [0.05, 0.1) is 24.9 Å². The molecule has 1 saturated heterocycles. The normalized spacial score (nSPS) is 13.9. The van der Waals surface area contributed by atoms with Gasteiger partial charge in [-0.15, -0.1) is 0 Å². The van der Waals surface area contributed by atoms with Gasteiger partial charge in [-0.05, 0) is 81.6 Å². The lowest BCUT2D eigenvalue weighted by molar-refractivity contribution is 0.101. The van der Waals surface area contributed by atoms with E-state index in [9.17, 15) is 9.59 Å². The lowest BCUT2D eigenvalue weighted by Crippen LogP contribution is -2.34. The number of ether oxygens (including phenoxy) is 3. The van der Waals surface area contributed by atoms with Gasteiger partial charge in [-0.1, -0.05) is 13.0 Å². The Balaban J connectivity index is 1.15. The minimum absolute atomic E-state index is 0.0446. The lowest BCUT2D eigenvalue weighted by Gasteiger charge is -2.30. The van der Waals surface area contributed by atoms with E-state index in [1.807, 2.05) is 0 Å². The lowest BCUT2D eigenvalue weighted by atomic mass is 9.99. The maximum absolute atomic E-state index is 15.4. The van der Waals surface area contributed by atoms with Crippen LogP contribution in [-0.2, 0) is 7.05 Å². The van der Waals surface area contributed by atoms with E-state index in [2.05, 4.69) is 27.1 Å². The SMILES string of the molecule is COc1cc2c(Oc3ccc(NC(=O)c4c(C)n(-c5ccccn5)c(=O)n4C)cc3F)ccnc2cc1OCCCN1CCC(C)CC1. The van der Waals surface area contributed by atoms with Crippen LogP contribution in [0.1, 0.15) is 42.4 Å². The molecule has 12 heteroatoms. The number of halogens is 1. The topological polar surface area (TPSA) is 113 Å². The van der Waals surface area contributed by atoms with E-state index in [0.717, 1.165) is 38.0 Å². The molecule has 2 aromatic carbocycles. The molecule has 0 atom stereocenters. The Labute approximate surface area is 277 Å². The van der Waals surface area contributed by atoms with Crippen LogP contribution in [0.15, 0.2) is 71.8 Å². The number of likely N-dealkylation sites (tertiary alicyclic amines) is 1. The molecule has 1 N–H and O–H groups in total. The van der Waals surface area contributed by atoms with E-state index in [1.54, 1.807) is 62.8 Å². The molecule has 1 fully saturated rings. The number of rotatable bonds is 11. The first kappa shape index (κ1) is 32.7. The van der Waals surface area contributed by atoms with E-state index >= 15 is 4.39 Å². The minimum Gasteiger partial charge on any atom is -0.493 e. The summed E-state index contributed by atoms with van der Waals surface area (Å²) in [5, 5.41) is 3.30. The molecule has 4 heterocycles. The largest absolute Gasteiger partial charge is 0.493 e. The van der Waals surface area contributed by atoms with E-state index < -0.39 is 17.4 Å². The Morgan fingerprint density at radius 3 is 2.54 bits per heavy atom. The summed E-state index contributed by atoms with van der Waals surface area (Å²) in [5.41, 5.74) is 0.911. The van der Waals surface area contributed by atoms with Gasteiger partial charge >= 0.3 is 5.69 Å². The summed E-state index contributed by atoms with van der Waals surface area (Å²) in [6.07, 6.45) is 6.53. The van der Waals surface area contributed by atoms with Crippen LogP contribution in [0.25, 0.3) is 16.7 Å². The molecule has 1 aliphatic rings. The molecule has 1 aliphatic heterocycles. The predicted octanol–water partition coefficient (Wildman–Crippen LogP) is 6.12. The molecule has 250 valence electrons. The van der Waals surface area contributed by atoms with Crippen molar-refractivity contribution >= 4 is 22.5 Å². The average molecular weight is 655 g/mol. The van der Waals surface area contributed by atoms with Crippen LogP contribution in [0.5, 0.6) is 23.0 Å². The van der Waals surface area contributed by atoms with Crippen molar-refractivity contribution in [3.05, 3.63) is 94.7 Å². The molecule has 6 rings (SSSR count). The van der Waals surface area contributed by atoms with Crippen LogP contribution < -0.4 is 25.2 Å². The second-order valence-electron chi connectivity index (χ2n) is 12.1. The van der Waals surface area contributed by atoms with Crippen molar-refractivity contribution in [1.82, 2.24) is 24.0 Å². The quantitative estimate of drug-likeness (QED) is 0.170. The zero-order valence-corrected chi connectivity index (χ0v) is 27.5. The third-order valence-electron chi connectivity index (χ3n) is 8.73. The number of piperidine rings is 1. The van der Waals surface area contributed by atoms with E-state index in [1.165, 1.54) is 41.2 Å². The van der Waals surface area contributed by atoms with Gasteiger partial charge in [-0.25, -0.2) is 18.7 Å². The van der Waals surface area contributed by atoms with Crippen LogP contribution in [0.3, 0.4) is 0 Å². The molecule has 0 saturated carbocycles. The molecular weight excluding hydrogens is 615 g/mol. The molecule has 48 heavy (non-hydrogen) atoms. The van der Waals surface area contributed by atoms with Crippen molar-refractivity contribution in [3.63, 3.8) is 0 Å². The van der Waals surface area contributed by atoms with E-state index in [0.29, 0.717) is 46.3 Å². The van der Waals surface area contributed by atoms with E-state index in [-0.39, 0.29) is 17.1 Å². The Bertz CT molecular complexity index is 1990. The second-order valence-corrected chi connectivity index (χ2v) is 12.1. The number of carbonyl (C=O) groups is 1. The van der Waals surface area contributed by atoms with Crippen molar-refractivity contribution in [1.29, 1.82) is 0 Å². The number of aromatic nitrogens is 4. The smallest absolute Gasteiger partial charge is 0.334 e. The van der Waals surface area contributed by atoms with Gasteiger partial charge in [0.15, 0.2) is 23.1 Å². The number of carbonyl (C=O) groups excluding carboxylic acids is 1. The molecule has 3 aromatic heterocycles. The summed E-state index contributed by atoms with van der Waals surface area (Å²) in [6, 6.07) is 14.5. The number of pyridine rings is 2. The Kier molecular flexibility index (Phi) is 9.72. The van der Waals surface area contributed by atoms with Gasteiger partial charge < -0.3 is 24.4 Å². The zero-order chi connectivity index (χ0) is 33.8. The Hall–Kier alpha value is -5.23. The molecule has 0 radical (unpaired) electrons. The number of benzene rings is 2. The molecule has 0 unspecified atom stereocenters. The predicted molar refractivity (Wildman–Crippen MR) is 181 cm³/mol. The molecule has 1 amide bonds. The number of imidazole rings is 1. The average Bonchev–Trinajstić information content (AvgIpc) is 3.31. The van der Waals surface area contributed by atoms with Gasteiger partial charge in [0, 0.05) is 49.2 Å². The number of fused-ring (bicyclic) bond motifs is 1. The summed E-state index contributed by atoms with van der Waals surface area (Å²) in [6.45, 7) is 7.77. The van der Waals surface area contributed by atoms with Crippen molar-refractivity contribution in [3.8, 4) is 28.8 Å². The van der Waals surface area contributed by atoms with Gasteiger partial charge in [-0.2, -0.15) is 0 Å². The fourth-order valence-electron chi connectivity index (χ4n) is 6.03. The summed E-state index contributed by atoms with van der Waals surface area (Å²) < 4.78 is 35.7. The third kappa shape index (κ3) is 6.89. The van der Waals surface area contributed by atoms with Gasteiger partial charge in [0.25, 0.3) is 5.91 Å². The number of nitrogens with zero attached hydrogens (tertiary/aromatic N) is 5. The van der Waals surface area contributed by atoms with Gasteiger partial charge in [0.1, 0.15) is 17.3 Å². The standard InChI is InChI=1S/C36H39FN6O5/c1-23-12-17-42(18-13-23)16-7-19-47-32-22-28-26(21-31(32)46-4)29(11-15-38-28)48-30-10-9-25(20-27(30)37)40-35(44)34-24(2)43(36(45)41(34)3)33-8-5-6-14-39-33/h5-6,8-11,14-15,20-23H,7,12-13,16-19H2,1-4H3,(H,40,44). The monoisotopic (exact) mass is 654 g/mol. The highest BCUT2D eigenvalue weighted by molar-refractivity contribution is 6.04. The summed E-state index contributed by atoms with van der Waals surface area (Å²) in [4.78, 5) is 37.4. The minimum atomic E-state index is -0.690. The van der Waals surface area contributed by atoms with Gasteiger partial charge in [0.2, 0.25) is 0 Å². The highest BCUT2D eigenvalue weighted by Crippen LogP contribution is 2.38. The highest BCUT2D eigenvalue weighted by Gasteiger charge is 2.23. The first-order chi connectivity index (χ1) is 23.2. The maximum atomic E-state index is 15.4. The van der Waals surface area contributed by atoms with Crippen molar-refractivity contribution in [2.45, 2.75) is 33.1 Å². The molecule has 11 nitrogen and oxygen atoms in total. The summed E-state index contributed by atoms with van der Waals surface area (Å²) in [7, 11) is 3.07. The second kappa shape index (κ2) is 14.3. The number of amides is 1. The third-order valence-corrected chi connectivity index (χ3v) is 8.73. The maximum Gasteiger partial charge on any atom is 0.334 e. The van der Waals surface area contributed by atoms with Crippen molar-refractivity contribution in [2.75, 3.05) is 38.7 Å². The molecule has 0 spiro atoms. The highest BCUT2D eigenvalue weighted by atomic mass is 19.1. The van der Waals surface area contributed by atoms with Gasteiger partial charge in [-0.3, -0.25) is 14.3 Å². The van der Waals surface area contributed by atoms with E-state index in [4.69, 9.17) is 14.2 Å². The first-order valence-corrected chi connectivity index (χ1v) is 16.0. The molecule has 5 aromatic rings. The number of anilines is 1. The van der Waals surface area contributed by atoms with Crippen LogP contribution >= 0.6 is 0 Å². The van der Waals surface area contributed by atoms with Crippen molar-refractivity contribution < 1.29 is 23.4 Å². The van der Waals surface area contributed by atoms with Crippen LogP contribution in [0.2, 0.25) is 0 Å². The van der Waals surface area contributed by atoms with Crippen LogP contribution in [0.4, 0.5) is 10.1 Å². The Morgan fingerprint density at radius 1 is 1.00 bits per heavy atom. The fourth-order valence-corrected chi connectivity index (χ4v) is 6.03. The first-order valence-electron chi connectivity index (χ1n) is 16.0. The van der Waals surface area contributed by atoms with Crippen LogP contribution in [-0.4, -0.2) is 63.3 Å². The summed E-state index contributed by atoms with van der Waals surface area (Å²) in [5.74, 6) is 1.37. The molecule has 0 aliphatic carbocycles. The molecule has 0 bridgehead atoms. The summed E-state index contributed by atoms with van der Waals surface area (Å²) >= 11 is 0.